The molecule has 0 saturated carbocycles. The van der Waals surface area contributed by atoms with Gasteiger partial charge in [0.2, 0.25) is 0 Å². The number of nitro benzene ring substituents is 2. The van der Waals surface area contributed by atoms with Crippen molar-refractivity contribution in [3.05, 3.63) is 38.4 Å². The third-order valence-corrected chi connectivity index (χ3v) is 2.45. The fourth-order valence-corrected chi connectivity index (χ4v) is 1.29. The van der Waals surface area contributed by atoms with Gasteiger partial charge in [0, 0.05) is 12.1 Å². The molecule has 0 heterocycles. The lowest BCUT2D eigenvalue weighted by Crippen LogP contribution is -2.19. The van der Waals surface area contributed by atoms with Gasteiger partial charge in [-0.3, -0.25) is 25.5 Å². The highest BCUT2D eigenvalue weighted by Gasteiger charge is 2.18. The fourth-order valence-electron chi connectivity index (χ4n) is 1.29. The first-order valence-corrected chi connectivity index (χ1v) is 5.75. The number of hydrogen-bond acceptors (Lipinski definition) is 6. The van der Waals surface area contributed by atoms with Gasteiger partial charge in [0.05, 0.1) is 21.6 Å². The molecule has 108 valence electrons. The molecule has 0 aliphatic heterocycles. The van der Waals surface area contributed by atoms with Crippen molar-refractivity contribution in [3.8, 4) is 0 Å². The summed E-state index contributed by atoms with van der Waals surface area (Å²) in [6, 6.07) is 2.85. The highest BCUT2D eigenvalue weighted by atomic mass is 16.6. The van der Waals surface area contributed by atoms with Crippen LogP contribution in [0.3, 0.4) is 0 Å². The highest BCUT2D eigenvalue weighted by molar-refractivity contribution is 5.85. The van der Waals surface area contributed by atoms with Gasteiger partial charge in [-0.25, -0.2) is 4.79 Å². The van der Waals surface area contributed by atoms with Gasteiger partial charge in [-0.15, -0.1) is 0 Å². The first-order valence-electron chi connectivity index (χ1n) is 5.75. The van der Waals surface area contributed by atoms with Crippen LogP contribution >= 0.6 is 0 Å². The van der Waals surface area contributed by atoms with Crippen LogP contribution in [-0.2, 0) is 4.74 Å². The van der Waals surface area contributed by atoms with Crippen LogP contribution in [0.4, 0.5) is 21.9 Å². The molecule has 0 saturated heterocycles. The standard InChI is InChI=1S/C11H13N3O6/c1-3-7(2)20-11(15)12-8-4-9(13(16)17)6-10(5-8)14(18)19/h4-7H,3H2,1-2H3,(H,12,15). The zero-order valence-corrected chi connectivity index (χ0v) is 10.9. The molecule has 1 rings (SSSR count). The molecule has 0 aliphatic carbocycles. The largest absolute Gasteiger partial charge is 0.446 e. The minimum atomic E-state index is -0.825. The number of hydrogen-bond donors (Lipinski definition) is 1. The summed E-state index contributed by atoms with van der Waals surface area (Å²) in [6.07, 6.45) is -0.555. The Morgan fingerprint density at radius 3 is 2.15 bits per heavy atom. The third kappa shape index (κ3) is 4.19. The summed E-state index contributed by atoms with van der Waals surface area (Å²) >= 11 is 0. The Morgan fingerprint density at radius 2 is 1.75 bits per heavy atom. The van der Waals surface area contributed by atoms with Crippen LogP contribution < -0.4 is 5.32 Å². The number of rotatable bonds is 5. The van der Waals surface area contributed by atoms with E-state index in [0.29, 0.717) is 6.42 Å². The minimum Gasteiger partial charge on any atom is -0.446 e. The number of anilines is 1. The molecule has 1 aromatic rings. The molecule has 20 heavy (non-hydrogen) atoms. The van der Waals surface area contributed by atoms with Crippen LogP contribution in [0.5, 0.6) is 0 Å². The molecule has 1 N–H and O–H groups in total. The van der Waals surface area contributed by atoms with Gasteiger partial charge in [-0.1, -0.05) is 6.92 Å². The normalized spacial score (nSPS) is 11.5. The van der Waals surface area contributed by atoms with E-state index in [0.717, 1.165) is 18.2 Å². The van der Waals surface area contributed by atoms with Gasteiger partial charge in [-0.05, 0) is 13.3 Å². The smallest absolute Gasteiger partial charge is 0.411 e. The van der Waals surface area contributed by atoms with Gasteiger partial charge < -0.3 is 4.74 Å². The maximum Gasteiger partial charge on any atom is 0.411 e. The maximum absolute atomic E-state index is 11.5. The zero-order valence-electron chi connectivity index (χ0n) is 10.9. The van der Waals surface area contributed by atoms with E-state index in [1.165, 1.54) is 0 Å². The van der Waals surface area contributed by atoms with Crippen LogP contribution in [0.2, 0.25) is 0 Å². The van der Waals surface area contributed by atoms with Crippen LogP contribution in [0.25, 0.3) is 0 Å². The summed E-state index contributed by atoms with van der Waals surface area (Å²) in [6.45, 7) is 3.49. The number of nitrogens with one attached hydrogen (secondary N) is 1. The van der Waals surface area contributed by atoms with Crippen LogP contribution in [0.1, 0.15) is 20.3 Å². The SMILES string of the molecule is CCC(C)OC(=O)Nc1cc([N+](=O)[O-])cc([N+](=O)[O-])c1. The lowest BCUT2D eigenvalue weighted by Gasteiger charge is -2.11. The Labute approximate surface area is 113 Å². The van der Waals surface area contributed by atoms with Crippen LogP contribution in [0.15, 0.2) is 18.2 Å². The molecular weight excluding hydrogens is 270 g/mol. The lowest BCUT2D eigenvalue weighted by molar-refractivity contribution is -0.394. The van der Waals surface area contributed by atoms with Crippen molar-refractivity contribution in [2.45, 2.75) is 26.4 Å². The number of nitrogens with zero attached hydrogens (tertiary/aromatic N) is 2. The topological polar surface area (TPSA) is 125 Å². The van der Waals surface area contributed by atoms with Crippen LogP contribution in [0, 0.1) is 20.2 Å². The van der Waals surface area contributed by atoms with E-state index >= 15 is 0 Å². The number of carbonyl (C=O) groups excluding carboxylic acids is 1. The molecule has 0 bridgehead atoms. The van der Waals surface area contributed by atoms with Gasteiger partial charge in [0.25, 0.3) is 11.4 Å². The molecule has 1 aromatic carbocycles. The van der Waals surface area contributed by atoms with Crippen molar-refractivity contribution < 1.29 is 19.4 Å². The van der Waals surface area contributed by atoms with Gasteiger partial charge in [-0.2, -0.15) is 0 Å². The van der Waals surface area contributed by atoms with Gasteiger partial charge >= 0.3 is 6.09 Å². The second-order valence-corrected chi connectivity index (χ2v) is 4.00. The number of ether oxygens (including phenoxy) is 1. The monoisotopic (exact) mass is 283 g/mol. The Kier molecular flexibility index (Phi) is 4.95. The quantitative estimate of drug-likeness (QED) is 0.654. The highest BCUT2D eigenvalue weighted by Crippen LogP contribution is 2.25. The van der Waals surface area contributed by atoms with E-state index in [1.54, 1.807) is 6.92 Å². The maximum atomic E-state index is 11.5. The average Bonchev–Trinajstić information content (AvgIpc) is 2.37. The second-order valence-electron chi connectivity index (χ2n) is 4.00. The predicted octanol–water partition coefficient (Wildman–Crippen LogP) is 2.85. The molecule has 0 aliphatic rings. The molecule has 0 radical (unpaired) electrons. The molecule has 9 heteroatoms. The second kappa shape index (κ2) is 6.45. The molecule has 1 amide bonds. The Morgan fingerprint density at radius 1 is 1.25 bits per heavy atom. The van der Waals surface area contributed by atoms with Crippen molar-refractivity contribution >= 4 is 23.2 Å². The molecule has 1 atom stereocenters. The van der Waals surface area contributed by atoms with Gasteiger partial charge in [0.1, 0.15) is 6.10 Å². The van der Waals surface area contributed by atoms with Crippen molar-refractivity contribution in [3.63, 3.8) is 0 Å². The molecular formula is C11H13N3O6. The van der Waals surface area contributed by atoms with Crippen molar-refractivity contribution in [2.24, 2.45) is 0 Å². The van der Waals surface area contributed by atoms with Gasteiger partial charge in [0.15, 0.2) is 0 Å². The predicted molar refractivity (Wildman–Crippen MR) is 69.6 cm³/mol. The molecule has 0 aromatic heterocycles. The number of amides is 1. The fraction of sp³-hybridized carbons (Fsp3) is 0.364. The van der Waals surface area contributed by atoms with E-state index in [2.05, 4.69) is 5.32 Å². The number of non-ortho nitro benzene ring substituents is 2. The van der Waals surface area contributed by atoms with Crippen molar-refractivity contribution in [2.75, 3.05) is 5.32 Å². The minimum absolute atomic E-state index is 0.0702. The summed E-state index contributed by atoms with van der Waals surface area (Å²) in [5.74, 6) is 0. The molecule has 0 fully saturated rings. The summed E-state index contributed by atoms with van der Waals surface area (Å²) < 4.78 is 4.91. The third-order valence-electron chi connectivity index (χ3n) is 2.45. The number of nitro groups is 2. The molecule has 1 unspecified atom stereocenters. The Bertz CT molecular complexity index is 513. The summed E-state index contributed by atoms with van der Waals surface area (Å²) in [7, 11) is 0. The average molecular weight is 283 g/mol. The summed E-state index contributed by atoms with van der Waals surface area (Å²) in [5, 5.41) is 23.6. The van der Waals surface area contributed by atoms with E-state index in [4.69, 9.17) is 4.74 Å². The zero-order chi connectivity index (χ0) is 15.3. The van der Waals surface area contributed by atoms with Crippen molar-refractivity contribution in [1.29, 1.82) is 0 Å². The first kappa shape index (κ1) is 15.3. The lowest BCUT2D eigenvalue weighted by atomic mass is 10.2. The Balaban J connectivity index is 2.97. The molecule has 0 spiro atoms. The van der Waals surface area contributed by atoms with E-state index in [9.17, 15) is 25.0 Å². The number of carbonyl (C=O) groups is 1. The first-order chi connectivity index (χ1) is 9.33. The van der Waals surface area contributed by atoms with E-state index in [-0.39, 0.29) is 11.8 Å². The Hall–Kier alpha value is -2.71. The molecule has 9 nitrogen and oxygen atoms in total. The van der Waals surface area contributed by atoms with E-state index in [1.807, 2.05) is 6.92 Å². The van der Waals surface area contributed by atoms with Crippen LogP contribution in [-0.4, -0.2) is 22.0 Å². The van der Waals surface area contributed by atoms with Crippen molar-refractivity contribution in [1.82, 2.24) is 0 Å². The number of benzene rings is 1. The van der Waals surface area contributed by atoms with E-state index < -0.39 is 27.3 Å². The summed E-state index contributed by atoms with van der Waals surface area (Å²) in [5.41, 5.74) is -1.05. The summed E-state index contributed by atoms with van der Waals surface area (Å²) in [4.78, 5) is 31.3.